The van der Waals surface area contributed by atoms with Crippen molar-refractivity contribution in [2.24, 2.45) is 0 Å². The molecule has 7 heteroatoms. The van der Waals surface area contributed by atoms with Gasteiger partial charge in [-0.05, 0) is 24.6 Å². The second kappa shape index (κ2) is 8.48. The van der Waals surface area contributed by atoms with E-state index < -0.39 is 29.2 Å². The van der Waals surface area contributed by atoms with Crippen LogP contribution in [0.5, 0.6) is 11.5 Å². The molecule has 0 radical (unpaired) electrons. The molecule has 0 unspecified atom stereocenters. The molecule has 0 saturated carbocycles. The van der Waals surface area contributed by atoms with Crippen molar-refractivity contribution in [1.29, 1.82) is 0 Å². The van der Waals surface area contributed by atoms with Crippen molar-refractivity contribution in [2.75, 3.05) is 6.61 Å². The van der Waals surface area contributed by atoms with Crippen molar-refractivity contribution in [3.05, 3.63) is 65.2 Å². The topological polar surface area (TPSA) is 110 Å². The van der Waals surface area contributed by atoms with E-state index in [0.29, 0.717) is 0 Å². The summed E-state index contributed by atoms with van der Waals surface area (Å²) in [7, 11) is 0. The second-order valence-electron chi connectivity index (χ2n) is 5.06. The van der Waals surface area contributed by atoms with Gasteiger partial charge < -0.3 is 19.7 Å². The fourth-order valence-corrected chi connectivity index (χ4v) is 2.06. The molecule has 26 heavy (non-hydrogen) atoms. The van der Waals surface area contributed by atoms with Gasteiger partial charge >= 0.3 is 17.9 Å². The van der Waals surface area contributed by atoms with E-state index in [2.05, 4.69) is 0 Å². The zero-order chi connectivity index (χ0) is 19.1. The SMILES string of the molecule is CCOC(=O)c1cc(O)c(C(=O)O)cc1OC(=O)C=Cc1ccccc1. The molecule has 2 aromatic carbocycles. The Labute approximate surface area is 149 Å². The minimum atomic E-state index is -1.44. The standard InChI is InChI=1S/C19H16O7/c1-2-25-19(24)14-10-15(20)13(18(22)23)11-16(14)26-17(21)9-8-12-6-4-3-5-7-12/h3-11,20H,2H2,1H3,(H,22,23). The van der Waals surface area contributed by atoms with Crippen molar-refractivity contribution < 1.29 is 34.1 Å². The van der Waals surface area contributed by atoms with Gasteiger partial charge in [-0.2, -0.15) is 0 Å². The number of phenols is 1. The Hall–Kier alpha value is -3.61. The Balaban J connectivity index is 2.31. The number of aromatic hydroxyl groups is 1. The highest BCUT2D eigenvalue weighted by Gasteiger charge is 2.22. The molecule has 0 heterocycles. The average Bonchev–Trinajstić information content (AvgIpc) is 2.62. The van der Waals surface area contributed by atoms with Crippen LogP contribution in [0.2, 0.25) is 0 Å². The van der Waals surface area contributed by atoms with Crippen LogP contribution in [0.4, 0.5) is 0 Å². The Morgan fingerprint density at radius 2 is 1.77 bits per heavy atom. The first-order chi connectivity index (χ1) is 12.4. The van der Waals surface area contributed by atoms with E-state index in [1.165, 1.54) is 6.08 Å². The van der Waals surface area contributed by atoms with Gasteiger partial charge in [-0.3, -0.25) is 0 Å². The van der Waals surface area contributed by atoms with E-state index in [4.69, 9.17) is 14.6 Å². The molecule has 0 saturated heterocycles. The van der Waals surface area contributed by atoms with Gasteiger partial charge in [-0.1, -0.05) is 30.3 Å². The van der Waals surface area contributed by atoms with Gasteiger partial charge in [0.1, 0.15) is 22.6 Å². The summed E-state index contributed by atoms with van der Waals surface area (Å²) >= 11 is 0. The zero-order valence-corrected chi connectivity index (χ0v) is 13.8. The van der Waals surface area contributed by atoms with Crippen molar-refractivity contribution in [2.45, 2.75) is 6.92 Å². The van der Waals surface area contributed by atoms with Crippen molar-refractivity contribution in [3.8, 4) is 11.5 Å². The summed E-state index contributed by atoms with van der Waals surface area (Å²) in [6, 6.07) is 10.8. The zero-order valence-electron chi connectivity index (χ0n) is 13.8. The van der Waals surface area contributed by atoms with E-state index in [9.17, 15) is 19.5 Å². The van der Waals surface area contributed by atoms with Gasteiger partial charge in [-0.25, -0.2) is 14.4 Å². The number of carboxylic acid groups (broad SMARTS) is 1. The van der Waals surface area contributed by atoms with Crippen molar-refractivity contribution >= 4 is 24.0 Å². The van der Waals surface area contributed by atoms with Crippen LogP contribution in [-0.2, 0) is 9.53 Å². The lowest BCUT2D eigenvalue weighted by molar-refractivity contribution is -0.128. The minimum Gasteiger partial charge on any atom is -0.507 e. The van der Waals surface area contributed by atoms with Gasteiger partial charge in [0, 0.05) is 12.1 Å². The largest absolute Gasteiger partial charge is 0.507 e. The number of hydrogen-bond acceptors (Lipinski definition) is 6. The Kier molecular flexibility index (Phi) is 6.10. The van der Waals surface area contributed by atoms with E-state index in [-0.39, 0.29) is 17.9 Å². The summed E-state index contributed by atoms with van der Waals surface area (Å²) in [6.07, 6.45) is 2.64. The lowest BCUT2D eigenvalue weighted by Crippen LogP contribution is -2.12. The summed E-state index contributed by atoms with van der Waals surface area (Å²) in [5, 5.41) is 18.8. The predicted molar refractivity (Wildman–Crippen MR) is 92.1 cm³/mol. The summed E-state index contributed by atoms with van der Waals surface area (Å²) < 4.78 is 9.91. The summed E-state index contributed by atoms with van der Waals surface area (Å²) in [6.45, 7) is 1.64. The normalized spacial score (nSPS) is 10.5. The van der Waals surface area contributed by atoms with Gasteiger partial charge in [0.15, 0.2) is 0 Å². The number of ether oxygens (including phenoxy) is 2. The first-order valence-electron chi connectivity index (χ1n) is 7.64. The van der Waals surface area contributed by atoms with E-state index in [0.717, 1.165) is 23.8 Å². The van der Waals surface area contributed by atoms with Crippen LogP contribution in [0.1, 0.15) is 33.2 Å². The first kappa shape index (κ1) is 18.7. The maximum absolute atomic E-state index is 12.0. The smallest absolute Gasteiger partial charge is 0.342 e. The molecule has 0 aliphatic rings. The van der Waals surface area contributed by atoms with Crippen LogP contribution in [0.25, 0.3) is 6.08 Å². The number of esters is 2. The van der Waals surface area contributed by atoms with Crippen LogP contribution in [0.15, 0.2) is 48.5 Å². The predicted octanol–water partition coefficient (Wildman–Crippen LogP) is 2.89. The highest BCUT2D eigenvalue weighted by atomic mass is 16.5. The third-order valence-electron chi connectivity index (χ3n) is 3.25. The highest BCUT2D eigenvalue weighted by molar-refractivity contribution is 5.99. The number of aromatic carboxylic acids is 1. The highest BCUT2D eigenvalue weighted by Crippen LogP contribution is 2.29. The monoisotopic (exact) mass is 356 g/mol. The number of hydrogen-bond donors (Lipinski definition) is 2. The third kappa shape index (κ3) is 4.70. The molecule has 7 nitrogen and oxygen atoms in total. The molecule has 134 valence electrons. The van der Waals surface area contributed by atoms with Crippen LogP contribution >= 0.6 is 0 Å². The van der Waals surface area contributed by atoms with Crippen molar-refractivity contribution in [1.82, 2.24) is 0 Å². The lowest BCUT2D eigenvalue weighted by atomic mass is 10.1. The van der Waals surface area contributed by atoms with E-state index >= 15 is 0 Å². The number of carboxylic acids is 1. The summed E-state index contributed by atoms with van der Waals surface area (Å²) in [5.74, 6) is -4.06. The molecule has 2 rings (SSSR count). The average molecular weight is 356 g/mol. The Morgan fingerprint density at radius 3 is 2.38 bits per heavy atom. The van der Waals surface area contributed by atoms with Gasteiger partial charge in [0.05, 0.1) is 6.61 Å². The fraction of sp³-hybridized carbons (Fsp3) is 0.105. The maximum atomic E-state index is 12.0. The molecule has 2 N–H and O–H groups in total. The quantitative estimate of drug-likeness (QED) is 0.465. The molecule has 0 fully saturated rings. The molecule has 0 aliphatic heterocycles. The second-order valence-corrected chi connectivity index (χ2v) is 5.06. The molecule has 2 aromatic rings. The summed E-state index contributed by atoms with van der Waals surface area (Å²) in [4.78, 5) is 35.1. The lowest BCUT2D eigenvalue weighted by Gasteiger charge is -2.10. The molecule has 0 aliphatic carbocycles. The third-order valence-corrected chi connectivity index (χ3v) is 3.25. The van der Waals surface area contributed by atoms with Gasteiger partial charge in [0.25, 0.3) is 0 Å². The van der Waals surface area contributed by atoms with Crippen LogP contribution in [0, 0.1) is 0 Å². The Morgan fingerprint density at radius 1 is 1.08 bits per heavy atom. The number of carbonyl (C=O) groups is 3. The molecular formula is C19H16O7. The Bertz CT molecular complexity index is 854. The van der Waals surface area contributed by atoms with Gasteiger partial charge in [0.2, 0.25) is 0 Å². The van der Waals surface area contributed by atoms with E-state index in [1.807, 2.05) is 6.07 Å². The molecule has 0 atom stereocenters. The van der Waals surface area contributed by atoms with Crippen LogP contribution < -0.4 is 4.74 Å². The molecule has 0 amide bonds. The molecule has 0 spiro atoms. The number of carbonyl (C=O) groups excluding carboxylic acids is 2. The van der Waals surface area contributed by atoms with Crippen molar-refractivity contribution in [3.63, 3.8) is 0 Å². The fourth-order valence-electron chi connectivity index (χ4n) is 2.06. The first-order valence-corrected chi connectivity index (χ1v) is 7.64. The minimum absolute atomic E-state index is 0.0571. The maximum Gasteiger partial charge on any atom is 0.342 e. The number of rotatable bonds is 6. The molecule has 0 bridgehead atoms. The molecular weight excluding hydrogens is 340 g/mol. The summed E-state index contributed by atoms with van der Waals surface area (Å²) in [5.41, 5.74) is -0.00399. The number of benzene rings is 2. The van der Waals surface area contributed by atoms with Gasteiger partial charge in [-0.15, -0.1) is 0 Å². The van der Waals surface area contributed by atoms with Crippen LogP contribution in [-0.4, -0.2) is 34.7 Å². The van der Waals surface area contributed by atoms with E-state index in [1.54, 1.807) is 31.2 Å². The molecule has 0 aromatic heterocycles. The van der Waals surface area contributed by atoms with Crippen LogP contribution in [0.3, 0.4) is 0 Å².